The maximum absolute atomic E-state index is 5.49. The molecule has 14 heavy (non-hydrogen) atoms. The molecule has 1 saturated carbocycles. The zero-order chi connectivity index (χ0) is 9.97. The van der Waals surface area contributed by atoms with Gasteiger partial charge < -0.3 is 10.6 Å². The fourth-order valence-corrected chi connectivity index (χ4v) is 2.60. The first-order valence-corrected chi connectivity index (χ1v) is 5.83. The summed E-state index contributed by atoms with van der Waals surface area (Å²) in [5.41, 5.74) is 5.49. The van der Waals surface area contributed by atoms with E-state index < -0.39 is 0 Å². The van der Waals surface area contributed by atoms with Crippen molar-refractivity contribution in [1.82, 2.24) is 9.36 Å². The Hall–Kier alpha value is -0.840. The van der Waals surface area contributed by atoms with Crippen LogP contribution in [0.25, 0.3) is 0 Å². The van der Waals surface area contributed by atoms with Crippen molar-refractivity contribution in [3.05, 3.63) is 0 Å². The van der Waals surface area contributed by atoms with E-state index in [0.717, 1.165) is 17.6 Å². The first-order valence-electron chi connectivity index (χ1n) is 5.06. The molecule has 0 bridgehead atoms. The fraction of sp³-hybridized carbons (Fsp3) is 0.778. The summed E-state index contributed by atoms with van der Waals surface area (Å²) >= 11 is 1.38. The van der Waals surface area contributed by atoms with Gasteiger partial charge in [-0.15, -0.1) is 0 Å². The van der Waals surface area contributed by atoms with E-state index in [1.165, 1.54) is 37.2 Å². The Morgan fingerprint density at radius 2 is 2.21 bits per heavy atom. The molecule has 2 rings (SSSR count). The van der Waals surface area contributed by atoms with Gasteiger partial charge in [-0.2, -0.15) is 9.36 Å². The minimum Gasteiger partial charge on any atom is -0.367 e. The van der Waals surface area contributed by atoms with Gasteiger partial charge >= 0.3 is 0 Å². The van der Waals surface area contributed by atoms with Crippen molar-refractivity contribution in [2.45, 2.75) is 25.7 Å². The molecule has 1 aromatic rings. The molecule has 0 spiro atoms. The molecule has 1 fully saturated rings. The molecule has 0 unspecified atom stereocenters. The first kappa shape index (κ1) is 9.71. The molecule has 1 aliphatic rings. The van der Waals surface area contributed by atoms with Crippen molar-refractivity contribution in [1.29, 1.82) is 0 Å². The van der Waals surface area contributed by atoms with Crippen LogP contribution in [0.4, 0.5) is 11.1 Å². The molecule has 1 aromatic heterocycles. The molecule has 0 aliphatic heterocycles. The summed E-state index contributed by atoms with van der Waals surface area (Å²) in [6, 6.07) is 0. The SMILES string of the molecule is CN(CC1CCCC1)c1nc(N)ns1. The largest absolute Gasteiger partial charge is 0.367 e. The van der Waals surface area contributed by atoms with Crippen LogP contribution in [-0.2, 0) is 0 Å². The molecule has 2 N–H and O–H groups in total. The summed E-state index contributed by atoms with van der Waals surface area (Å²) in [4.78, 5) is 6.33. The molecule has 0 saturated heterocycles. The van der Waals surface area contributed by atoms with Gasteiger partial charge in [0, 0.05) is 25.1 Å². The topological polar surface area (TPSA) is 55.0 Å². The third kappa shape index (κ3) is 2.15. The van der Waals surface area contributed by atoms with Gasteiger partial charge in [0.1, 0.15) is 0 Å². The highest BCUT2D eigenvalue weighted by atomic mass is 32.1. The minimum absolute atomic E-state index is 0.392. The molecule has 0 aromatic carbocycles. The molecular weight excluding hydrogens is 196 g/mol. The summed E-state index contributed by atoms with van der Waals surface area (Å²) in [6.07, 6.45) is 5.49. The van der Waals surface area contributed by atoms with Gasteiger partial charge in [-0.25, -0.2) is 0 Å². The van der Waals surface area contributed by atoms with Crippen LogP contribution in [-0.4, -0.2) is 22.9 Å². The fourth-order valence-electron chi connectivity index (χ4n) is 2.04. The molecule has 4 nitrogen and oxygen atoms in total. The van der Waals surface area contributed by atoms with Crippen molar-refractivity contribution >= 4 is 22.6 Å². The molecule has 0 radical (unpaired) electrons. The minimum atomic E-state index is 0.392. The lowest BCUT2D eigenvalue weighted by molar-refractivity contribution is 0.547. The highest BCUT2D eigenvalue weighted by Gasteiger charge is 2.18. The zero-order valence-corrected chi connectivity index (χ0v) is 9.26. The molecular formula is C9H16N4S. The van der Waals surface area contributed by atoms with Crippen LogP contribution in [0.1, 0.15) is 25.7 Å². The average molecular weight is 212 g/mol. The smallest absolute Gasteiger partial charge is 0.233 e. The van der Waals surface area contributed by atoms with E-state index in [1.54, 1.807) is 0 Å². The Bertz CT molecular complexity index is 293. The second-order valence-electron chi connectivity index (χ2n) is 3.97. The normalized spacial score (nSPS) is 17.5. The average Bonchev–Trinajstić information content (AvgIpc) is 2.75. The van der Waals surface area contributed by atoms with E-state index >= 15 is 0 Å². The summed E-state index contributed by atoms with van der Waals surface area (Å²) in [7, 11) is 2.07. The van der Waals surface area contributed by atoms with Crippen LogP contribution in [0.5, 0.6) is 0 Å². The van der Waals surface area contributed by atoms with Crippen LogP contribution in [0, 0.1) is 5.92 Å². The lowest BCUT2D eigenvalue weighted by Gasteiger charge is -2.19. The van der Waals surface area contributed by atoms with Gasteiger partial charge in [-0.1, -0.05) is 12.8 Å². The first-order chi connectivity index (χ1) is 6.75. The highest BCUT2D eigenvalue weighted by molar-refractivity contribution is 7.09. The maximum Gasteiger partial charge on any atom is 0.233 e. The van der Waals surface area contributed by atoms with Gasteiger partial charge in [0.15, 0.2) is 0 Å². The number of hydrogen-bond acceptors (Lipinski definition) is 5. The standard InChI is InChI=1S/C9H16N4S/c1-13(6-7-4-2-3-5-7)9-11-8(10)12-14-9/h7H,2-6H2,1H3,(H2,10,12). The lowest BCUT2D eigenvalue weighted by atomic mass is 10.1. The number of aromatic nitrogens is 2. The lowest BCUT2D eigenvalue weighted by Crippen LogP contribution is -2.23. The van der Waals surface area contributed by atoms with E-state index in [4.69, 9.17) is 5.73 Å². The van der Waals surface area contributed by atoms with Crippen LogP contribution in [0.15, 0.2) is 0 Å². The van der Waals surface area contributed by atoms with Gasteiger partial charge in [0.2, 0.25) is 11.1 Å². The molecule has 78 valence electrons. The Labute approximate surface area is 88.3 Å². The van der Waals surface area contributed by atoms with Crippen molar-refractivity contribution in [3.8, 4) is 0 Å². The van der Waals surface area contributed by atoms with E-state index in [-0.39, 0.29) is 0 Å². The van der Waals surface area contributed by atoms with Crippen LogP contribution in [0.2, 0.25) is 0 Å². The highest BCUT2D eigenvalue weighted by Crippen LogP contribution is 2.27. The van der Waals surface area contributed by atoms with Gasteiger partial charge in [0.25, 0.3) is 0 Å². The van der Waals surface area contributed by atoms with Crippen LogP contribution < -0.4 is 10.6 Å². The summed E-state index contributed by atoms with van der Waals surface area (Å²) in [5, 5.41) is 0.939. The predicted octanol–water partition coefficient (Wildman–Crippen LogP) is 1.75. The summed E-state index contributed by atoms with van der Waals surface area (Å²) in [5.74, 6) is 1.23. The molecule has 0 amide bonds. The number of rotatable bonds is 3. The third-order valence-electron chi connectivity index (χ3n) is 2.76. The van der Waals surface area contributed by atoms with E-state index in [1.807, 2.05) is 0 Å². The van der Waals surface area contributed by atoms with Crippen LogP contribution >= 0.6 is 11.5 Å². The van der Waals surface area contributed by atoms with E-state index in [0.29, 0.717) is 5.95 Å². The summed E-state index contributed by atoms with van der Waals surface area (Å²) in [6.45, 7) is 1.09. The number of nitrogens with zero attached hydrogens (tertiary/aromatic N) is 3. The van der Waals surface area contributed by atoms with Crippen molar-refractivity contribution in [2.75, 3.05) is 24.2 Å². The number of anilines is 2. The van der Waals surface area contributed by atoms with Gasteiger partial charge in [0.05, 0.1) is 0 Å². The predicted molar refractivity (Wildman–Crippen MR) is 59.5 cm³/mol. The maximum atomic E-state index is 5.49. The van der Waals surface area contributed by atoms with Crippen molar-refractivity contribution < 1.29 is 0 Å². The Balaban J connectivity index is 1.91. The van der Waals surface area contributed by atoms with Crippen molar-refractivity contribution in [2.24, 2.45) is 5.92 Å². The molecule has 0 atom stereocenters. The number of nitrogen functional groups attached to an aromatic ring is 1. The van der Waals surface area contributed by atoms with Gasteiger partial charge in [-0.3, -0.25) is 0 Å². The third-order valence-corrected chi connectivity index (χ3v) is 3.61. The summed E-state index contributed by atoms with van der Waals surface area (Å²) < 4.78 is 3.98. The number of hydrogen-bond donors (Lipinski definition) is 1. The zero-order valence-electron chi connectivity index (χ0n) is 8.44. The number of nitrogens with two attached hydrogens (primary N) is 1. The second kappa shape index (κ2) is 4.13. The van der Waals surface area contributed by atoms with E-state index in [2.05, 4.69) is 21.3 Å². The molecule has 1 aliphatic carbocycles. The molecule has 5 heteroatoms. The Kier molecular flexibility index (Phi) is 2.86. The Morgan fingerprint density at radius 1 is 1.50 bits per heavy atom. The second-order valence-corrected chi connectivity index (χ2v) is 4.70. The van der Waals surface area contributed by atoms with E-state index in [9.17, 15) is 0 Å². The van der Waals surface area contributed by atoms with Crippen LogP contribution in [0.3, 0.4) is 0 Å². The quantitative estimate of drug-likeness (QED) is 0.829. The molecule has 1 heterocycles. The monoisotopic (exact) mass is 212 g/mol. The van der Waals surface area contributed by atoms with Gasteiger partial charge in [-0.05, 0) is 18.8 Å². The Morgan fingerprint density at radius 3 is 2.79 bits per heavy atom. The van der Waals surface area contributed by atoms with Crippen molar-refractivity contribution in [3.63, 3.8) is 0 Å².